The van der Waals surface area contributed by atoms with Crippen LogP contribution in [0.2, 0.25) is 0 Å². The highest BCUT2D eigenvalue weighted by Crippen LogP contribution is 2.29. The summed E-state index contributed by atoms with van der Waals surface area (Å²) in [5, 5.41) is 15.4. The number of nitro benzene ring substituents is 1. The van der Waals surface area contributed by atoms with Crippen molar-refractivity contribution >= 4 is 17.6 Å². The number of methoxy groups -OCH3 is 1. The van der Waals surface area contributed by atoms with E-state index in [1.165, 1.54) is 12.3 Å². The van der Waals surface area contributed by atoms with Gasteiger partial charge in [-0.3, -0.25) is 10.1 Å². The van der Waals surface area contributed by atoms with E-state index >= 15 is 0 Å². The summed E-state index contributed by atoms with van der Waals surface area (Å²) < 4.78 is 16.0. The number of nitrogens with zero attached hydrogens (tertiary/aromatic N) is 3. The third-order valence-electron chi connectivity index (χ3n) is 4.53. The minimum absolute atomic E-state index is 0.0498. The number of oxime groups is 1. The molecule has 0 aromatic heterocycles. The predicted molar refractivity (Wildman–Crippen MR) is 113 cm³/mol. The van der Waals surface area contributed by atoms with E-state index in [2.05, 4.69) is 5.16 Å². The number of hydrogen-bond donors (Lipinski definition) is 0. The molecule has 0 atom stereocenters. The zero-order chi connectivity index (χ0) is 21.2. The molecule has 1 saturated heterocycles. The van der Waals surface area contributed by atoms with Crippen LogP contribution in [0.4, 0.5) is 11.4 Å². The highest BCUT2D eigenvalue weighted by molar-refractivity contribution is 5.82. The van der Waals surface area contributed by atoms with E-state index in [4.69, 9.17) is 19.0 Å². The van der Waals surface area contributed by atoms with Crippen LogP contribution in [0.15, 0.2) is 47.6 Å². The highest BCUT2D eigenvalue weighted by Gasteiger charge is 2.21. The molecule has 0 saturated carbocycles. The lowest BCUT2D eigenvalue weighted by atomic mass is 10.1. The third kappa shape index (κ3) is 6.08. The molecule has 160 valence electrons. The van der Waals surface area contributed by atoms with Gasteiger partial charge in [-0.05, 0) is 30.3 Å². The molecule has 30 heavy (non-hydrogen) atoms. The van der Waals surface area contributed by atoms with Crippen LogP contribution in [0.5, 0.6) is 11.5 Å². The van der Waals surface area contributed by atoms with Gasteiger partial charge in [0.15, 0.2) is 0 Å². The first-order chi connectivity index (χ1) is 14.7. The lowest BCUT2D eigenvalue weighted by Crippen LogP contribution is -2.36. The van der Waals surface area contributed by atoms with Gasteiger partial charge in [0.2, 0.25) is 0 Å². The molecule has 9 heteroatoms. The Kier molecular flexibility index (Phi) is 7.85. The van der Waals surface area contributed by atoms with E-state index in [1.54, 1.807) is 19.2 Å². The predicted octanol–water partition coefficient (Wildman–Crippen LogP) is 3.26. The van der Waals surface area contributed by atoms with Crippen LogP contribution in [0, 0.1) is 10.1 Å². The van der Waals surface area contributed by atoms with Gasteiger partial charge in [-0.25, -0.2) is 0 Å². The van der Waals surface area contributed by atoms with Gasteiger partial charge < -0.3 is 23.9 Å². The van der Waals surface area contributed by atoms with Crippen molar-refractivity contribution in [3.05, 3.63) is 58.1 Å². The number of benzene rings is 2. The molecule has 3 rings (SSSR count). The number of nitro groups is 1. The van der Waals surface area contributed by atoms with Crippen molar-refractivity contribution in [2.45, 2.75) is 6.42 Å². The summed E-state index contributed by atoms with van der Waals surface area (Å²) in [6, 6.07) is 12.4. The molecule has 0 spiro atoms. The number of morpholine rings is 1. The molecule has 2 aromatic rings. The van der Waals surface area contributed by atoms with Crippen molar-refractivity contribution in [1.29, 1.82) is 0 Å². The van der Waals surface area contributed by atoms with Gasteiger partial charge >= 0.3 is 0 Å². The Morgan fingerprint density at radius 3 is 2.57 bits per heavy atom. The normalized spacial score (nSPS) is 14.0. The lowest BCUT2D eigenvalue weighted by Gasteiger charge is -2.28. The fourth-order valence-electron chi connectivity index (χ4n) is 2.97. The van der Waals surface area contributed by atoms with Gasteiger partial charge in [0, 0.05) is 31.1 Å². The average molecular weight is 415 g/mol. The highest BCUT2D eigenvalue weighted by atomic mass is 16.6. The van der Waals surface area contributed by atoms with Crippen molar-refractivity contribution in [2.75, 3.05) is 51.5 Å². The van der Waals surface area contributed by atoms with E-state index in [-0.39, 0.29) is 10.6 Å². The number of hydrogen-bond acceptors (Lipinski definition) is 8. The first kappa shape index (κ1) is 21.4. The van der Waals surface area contributed by atoms with Gasteiger partial charge in [-0.2, -0.15) is 0 Å². The van der Waals surface area contributed by atoms with Gasteiger partial charge in [0.05, 0.1) is 38.1 Å². The molecule has 0 unspecified atom stereocenters. The van der Waals surface area contributed by atoms with E-state index in [1.807, 2.05) is 29.2 Å². The molecule has 1 heterocycles. The molecule has 1 aliphatic heterocycles. The molecule has 0 N–H and O–H groups in total. The average Bonchev–Trinajstić information content (AvgIpc) is 2.79. The van der Waals surface area contributed by atoms with Crippen LogP contribution in [0.1, 0.15) is 12.0 Å². The Balaban J connectivity index is 1.44. The summed E-state index contributed by atoms with van der Waals surface area (Å²) >= 11 is 0. The molecule has 2 aromatic carbocycles. The van der Waals surface area contributed by atoms with Crippen molar-refractivity contribution in [1.82, 2.24) is 0 Å². The first-order valence-electron chi connectivity index (χ1n) is 9.70. The van der Waals surface area contributed by atoms with Gasteiger partial charge in [0.1, 0.15) is 23.8 Å². The van der Waals surface area contributed by atoms with Crippen LogP contribution in [-0.4, -0.2) is 57.8 Å². The smallest absolute Gasteiger partial charge is 0.293 e. The SMILES string of the molecule is COc1ccc(OCCCO/N=C\c2ccc(N3CCOCC3)c([N+](=O)[O-])c2)cc1. The molecule has 1 fully saturated rings. The second kappa shape index (κ2) is 11.0. The van der Waals surface area contributed by atoms with Crippen molar-refractivity contribution in [3.63, 3.8) is 0 Å². The summed E-state index contributed by atoms with van der Waals surface area (Å²) in [6.07, 6.45) is 2.12. The van der Waals surface area contributed by atoms with E-state index in [9.17, 15) is 10.1 Å². The topological polar surface area (TPSA) is 95.7 Å². The largest absolute Gasteiger partial charge is 0.497 e. The monoisotopic (exact) mass is 415 g/mol. The fraction of sp³-hybridized carbons (Fsp3) is 0.381. The van der Waals surface area contributed by atoms with E-state index in [0.29, 0.717) is 57.2 Å². The second-order valence-electron chi connectivity index (χ2n) is 6.55. The fourth-order valence-corrected chi connectivity index (χ4v) is 2.97. The summed E-state index contributed by atoms with van der Waals surface area (Å²) in [5.74, 6) is 1.53. The molecule has 0 radical (unpaired) electrons. The Hall–Kier alpha value is -3.33. The quantitative estimate of drug-likeness (QED) is 0.254. The van der Waals surface area contributed by atoms with Crippen LogP contribution >= 0.6 is 0 Å². The number of rotatable bonds is 10. The zero-order valence-corrected chi connectivity index (χ0v) is 16.9. The summed E-state index contributed by atoms with van der Waals surface area (Å²) in [4.78, 5) is 18.3. The van der Waals surface area contributed by atoms with Crippen molar-refractivity contribution in [3.8, 4) is 11.5 Å². The minimum atomic E-state index is -0.375. The number of anilines is 1. The summed E-state index contributed by atoms with van der Waals surface area (Å²) in [6.45, 7) is 3.26. The number of ether oxygens (including phenoxy) is 3. The maximum Gasteiger partial charge on any atom is 0.293 e. The third-order valence-corrected chi connectivity index (χ3v) is 4.53. The lowest BCUT2D eigenvalue weighted by molar-refractivity contribution is -0.384. The minimum Gasteiger partial charge on any atom is -0.497 e. The van der Waals surface area contributed by atoms with Crippen LogP contribution in [-0.2, 0) is 9.57 Å². The van der Waals surface area contributed by atoms with Crippen molar-refractivity contribution in [2.24, 2.45) is 5.16 Å². The van der Waals surface area contributed by atoms with Crippen LogP contribution in [0.3, 0.4) is 0 Å². The molecular weight excluding hydrogens is 390 g/mol. The van der Waals surface area contributed by atoms with Gasteiger partial charge in [-0.1, -0.05) is 11.2 Å². The van der Waals surface area contributed by atoms with Gasteiger partial charge in [-0.15, -0.1) is 0 Å². The van der Waals surface area contributed by atoms with Gasteiger partial charge in [0.25, 0.3) is 5.69 Å². The van der Waals surface area contributed by atoms with Crippen LogP contribution < -0.4 is 14.4 Å². The van der Waals surface area contributed by atoms with Crippen molar-refractivity contribution < 1.29 is 24.0 Å². The maximum absolute atomic E-state index is 11.5. The molecule has 9 nitrogen and oxygen atoms in total. The van der Waals surface area contributed by atoms with Crippen LogP contribution in [0.25, 0.3) is 0 Å². The molecule has 0 aliphatic carbocycles. The molecule has 0 amide bonds. The summed E-state index contributed by atoms with van der Waals surface area (Å²) in [5.41, 5.74) is 1.25. The molecule has 0 bridgehead atoms. The molecular formula is C21H25N3O6. The Bertz CT molecular complexity index is 850. The maximum atomic E-state index is 11.5. The van der Waals surface area contributed by atoms with E-state index < -0.39 is 0 Å². The molecule has 1 aliphatic rings. The Morgan fingerprint density at radius 1 is 1.13 bits per heavy atom. The first-order valence-corrected chi connectivity index (χ1v) is 9.70. The standard InChI is InChI=1S/C21H25N3O6/c1-27-18-4-6-19(7-5-18)29-11-2-12-30-22-16-17-3-8-20(21(15-17)24(25)26)23-9-13-28-14-10-23/h3-8,15-16H,2,9-14H2,1H3/b22-16-. The Labute approximate surface area is 174 Å². The zero-order valence-electron chi connectivity index (χ0n) is 16.9. The van der Waals surface area contributed by atoms with E-state index in [0.717, 1.165) is 11.5 Å². The second-order valence-corrected chi connectivity index (χ2v) is 6.55. The Morgan fingerprint density at radius 2 is 1.87 bits per heavy atom. The summed E-state index contributed by atoms with van der Waals surface area (Å²) in [7, 11) is 1.62.